The zero-order chi connectivity index (χ0) is 8.20. The minimum Gasteiger partial charge on any atom is -0.396 e. The van der Waals surface area contributed by atoms with Gasteiger partial charge < -0.3 is 15.3 Å². The van der Waals surface area contributed by atoms with E-state index in [1.165, 1.54) is 0 Å². The fourth-order valence-electron chi connectivity index (χ4n) is 0.833. The van der Waals surface area contributed by atoms with Crippen LogP contribution < -0.4 is 0 Å². The maximum Gasteiger partial charge on any atom is 0.0612 e. The van der Waals surface area contributed by atoms with E-state index in [1.54, 1.807) is 6.92 Å². The first-order valence-electron chi connectivity index (χ1n) is 3.52. The molecule has 0 rings (SSSR count). The number of hydrogen-bond donors (Lipinski definition) is 3. The molecule has 0 saturated heterocycles. The molecule has 0 aromatic rings. The van der Waals surface area contributed by atoms with E-state index in [-0.39, 0.29) is 13.2 Å². The summed E-state index contributed by atoms with van der Waals surface area (Å²) < 4.78 is 0. The van der Waals surface area contributed by atoms with Crippen LogP contribution in [0.3, 0.4) is 0 Å². The van der Waals surface area contributed by atoms with Crippen LogP contribution in [0.15, 0.2) is 0 Å². The van der Waals surface area contributed by atoms with E-state index >= 15 is 0 Å². The Kier molecular flexibility index (Phi) is 3.86. The summed E-state index contributed by atoms with van der Waals surface area (Å²) in [6.45, 7) is 3.07. The van der Waals surface area contributed by atoms with Gasteiger partial charge in [0.2, 0.25) is 0 Å². The van der Waals surface area contributed by atoms with Gasteiger partial charge in [0, 0.05) is 5.41 Å². The Morgan fingerprint density at radius 3 is 1.70 bits per heavy atom. The fourth-order valence-corrected chi connectivity index (χ4v) is 0.833. The van der Waals surface area contributed by atoms with Crippen LogP contribution in [-0.2, 0) is 0 Å². The first-order chi connectivity index (χ1) is 4.63. The average Bonchev–Trinajstić information content (AvgIpc) is 1.92. The number of rotatable bonds is 4. The molecule has 0 aromatic heterocycles. The van der Waals surface area contributed by atoms with Crippen molar-refractivity contribution in [3.8, 4) is 0 Å². The second-order valence-electron chi connectivity index (χ2n) is 2.71. The number of aliphatic hydroxyl groups is 3. The van der Waals surface area contributed by atoms with Gasteiger partial charge in [0.25, 0.3) is 0 Å². The molecular formula is C7H16O3. The topological polar surface area (TPSA) is 60.7 Å². The molecule has 0 bridgehead atoms. The van der Waals surface area contributed by atoms with Crippen LogP contribution in [0.5, 0.6) is 0 Å². The molecule has 10 heavy (non-hydrogen) atoms. The Bertz CT molecular complexity index is 78.6. The fraction of sp³-hybridized carbons (Fsp3) is 1.00. The summed E-state index contributed by atoms with van der Waals surface area (Å²) in [6.07, 6.45) is -0.0787. The monoisotopic (exact) mass is 148 g/mol. The summed E-state index contributed by atoms with van der Waals surface area (Å²) in [7, 11) is 0. The largest absolute Gasteiger partial charge is 0.396 e. The van der Waals surface area contributed by atoms with Crippen LogP contribution in [0.25, 0.3) is 0 Å². The third-order valence-electron chi connectivity index (χ3n) is 2.22. The summed E-state index contributed by atoms with van der Waals surface area (Å²) in [5.74, 6) is 0. The van der Waals surface area contributed by atoms with Gasteiger partial charge in [-0.05, 0) is 13.3 Å². The van der Waals surface area contributed by atoms with Gasteiger partial charge in [-0.2, -0.15) is 0 Å². The van der Waals surface area contributed by atoms with Crippen molar-refractivity contribution in [1.29, 1.82) is 0 Å². The Morgan fingerprint density at radius 1 is 1.30 bits per heavy atom. The predicted octanol–water partition coefficient (Wildman–Crippen LogP) is -0.252. The predicted molar refractivity (Wildman–Crippen MR) is 38.6 cm³/mol. The highest BCUT2D eigenvalue weighted by molar-refractivity contribution is 4.81. The van der Waals surface area contributed by atoms with Crippen molar-refractivity contribution in [1.82, 2.24) is 0 Å². The number of aliphatic hydroxyl groups excluding tert-OH is 3. The van der Waals surface area contributed by atoms with Crippen molar-refractivity contribution in [3.05, 3.63) is 0 Å². The Hall–Kier alpha value is -0.120. The molecule has 0 aromatic carbocycles. The zero-order valence-corrected chi connectivity index (χ0v) is 6.54. The molecule has 0 aliphatic carbocycles. The Morgan fingerprint density at radius 2 is 1.70 bits per heavy atom. The SMILES string of the molecule is CCC(CO)(CO)C(C)O. The van der Waals surface area contributed by atoms with Crippen molar-refractivity contribution < 1.29 is 15.3 Å². The van der Waals surface area contributed by atoms with Gasteiger partial charge in [0.1, 0.15) is 0 Å². The minimum atomic E-state index is -0.708. The highest BCUT2D eigenvalue weighted by Gasteiger charge is 2.31. The van der Waals surface area contributed by atoms with Gasteiger partial charge in [-0.1, -0.05) is 6.92 Å². The van der Waals surface area contributed by atoms with Crippen LogP contribution in [0.1, 0.15) is 20.3 Å². The quantitative estimate of drug-likeness (QED) is 0.515. The van der Waals surface area contributed by atoms with Crippen LogP contribution in [-0.4, -0.2) is 34.6 Å². The molecule has 1 atom stereocenters. The van der Waals surface area contributed by atoms with Crippen molar-refractivity contribution in [2.24, 2.45) is 5.41 Å². The molecule has 0 aliphatic rings. The van der Waals surface area contributed by atoms with Crippen molar-refractivity contribution in [2.75, 3.05) is 13.2 Å². The lowest BCUT2D eigenvalue weighted by Crippen LogP contribution is -2.39. The highest BCUT2D eigenvalue weighted by atomic mass is 16.3. The van der Waals surface area contributed by atoms with Crippen molar-refractivity contribution in [3.63, 3.8) is 0 Å². The lowest BCUT2D eigenvalue weighted by molar-refractivity contribution is -0.0462. The van der Waals surface area contributed by atoms with E-state index in [2.05, 4.69) is 0 Å². The summed E-state index contributed by atoms with van der Waals surface area (Å²) in [5, 5.41) is 26.8. The molecule has 3 heteroatoms. The van der Waals surface area contributed by atoms with E-state index in [9.17, 15) is 0 Å². The van der Waals surface area contributed by atoms with Gasteiger partial charge in [-0.25, -0.2) is 0 Å². The molecule has 0 fully saturated rings. The summed E-state index contributed by atoms with van der Waals surface area (Å²) in [5.41, 5.74) is -0.708. The first kappa shape index (κ1) is 9.88. The molecule has 0 radical (unpaired) electrons. The molecule has 62 valence electrons. The van der Waals surface area contributed by atoms with Crippen LogP contribution in [0.2, 0.25) is 0 Å². The molecule has 0 spiro atoms. The molecule has 1 unspecified atom stereocenters. The maximum atomic E-state index is 9.14. The Balaban J connectivity index is 4.15. The third-order valence-corrected chi connectivity index (χ3v) is 2.22. The second kappa shape index (κ2) is 3.91. The first-order valence-corrected chi connectivity index (χ1v) is 3.52. The second-order valence-corrected chi connectivity index (χ2v) is 2.71. The third kappa shape index (κ3) is 1.68. The van der Waals surface area contributed by atoms with Crippen molar-refractivity contribution >= 4 is 0 Å². The lowest BCUT2D eigenvalue weighted by atomic mass is 9.82. The molecule has 0 saturated carbocycles. The van der Waals surface area contributed by atoms with E-state index < -0.39 is 11.5 Å². The lowest BCUT2D eigenvalue weighted by Gasteiger charge is -2.31. The standard InChI is InChI=1S/C7H16O3/c1-3-7(4-8,5-9)6(2)10/h6,8-10H,3-5H2,1-2H3. The molecule has 3 nitrogen and oxygen atoms in total. The zero-order valence-electron chi connectivity index (χ0n) is 6.54. The molecule has 0 heterocycles. The van der Waals surface area contributed by atoms with Crippen LogP contribution in [0.4, 0.5) is 0 Å². The number of hydrogen-bond acceptors (Lipinski definition) is 3. The van der Waals surface area contributed by atoms with E-state index in [0.717, 1.165) is 0 Å². The van der Waals surface area contributed by atoms with Gasteiger partial charge in [-0.15, -0.1) is 0 Å². The average molecular weight is 148 g/mol. The van der Waals surface area contributed by atoms with Crippen LogP contribution >= 0.6 is 0 Å². The molecule has 0 aliphatic heterocycles. The molecule has 3 N–H and O–H groups in total. The van der Waals surface area contributed by atoms with E-state index in [0.29, 0.717) is 6.42 Å². The summed E-state index contributed by atoms with van der Waals surface area (Å²) in [4.78, 5) is 0. The van der Waals surface area contributed by atoms with Gasteiger partial charge in [0.05, 0.1) is 19.3 Å². The summed E-state index contributed by atoms with van der Waals surface area (Å²) >= 11 is 0. The maximum absolute atomic E-state index is 9.14. The Labute approximate surface area is 61.3 Å². The van der Waals surface area contributed by atoms with E-state index in [1.807, 2.05) is 6.92 Å². The molecular weight excluding hydrogens is 132 g/mol. The van der Waals surface area contributed by atoms with Crippen LogP contribution in [0, 0.1) is 5.41 Å². The normalized spacial score (nSPS) is 15.3. The van der Waals surface area contributed by atoms with Crippen molar-refractivity contribution in [2.45, 2.75) is 26.4 Å². The molecule has 0 amide bonds. The smallest absolute Gasteiger partial charge is 0.0612 e. The highest BCUT2D eigenvalue weighted by Crippen LogP contribution is 2.24. The van der Waals surface area contributed by atoms with E-state index in [4.69, 9.17) is 15.3 Å². The van der Waals surface area contributed by atoms with Gasteiger partial charge >= 0.3 is 0 Å². The van der Waals surface area contributed by atoms with Gasteiger partial charge in [0.15, 0.2) is 0 Å². The minimum absolute atomic E-state index is 0.169. The van der Waals surface area contributed by atoms with Gasteiger partial charge in [-0.3, -0.25) is 0 Å². The summed E-state index contributed by atoms with van der Waals surface area (Å²) in [6, 6.07) is 0.